The summed E-state index contributed by atoms with van der Waals surface area (Å²) >= 11 is 0. The van der Waals surface area contributed by atoms with E-state index in [0.717, 1.165) is 18.9 Å². The van der Waals surface area contributed by atoms with Gasteiger partial charge in [-0.15, -0.1) is 0 Å². The van der Waals surface area contributed by atoms with Crippen LogP contribution >= 0.6 is 0 Å². The Morgan fingerprint density at radius 1 is 1.40 bits per heavy atom. The Hall–Kier alpha value is -1.35. The van der Waals surface area contributed by atoms with Gasteiger partial charge in [0.1, 0.15) is 6.17 Å². The molecule has 20 heavy (non-hydrogen) atoms. The summed E-state index contributed by atoms with van der Waals surface area (Å²) in [6.07, 6.45) is 2.18. The summed E-state index contributed by atoms with van der Waals surface area (Å²) in [5.41, 5.74) is 2.46. The zero-order valence-corrected chi connectivity index (χ0v) is 12.6. The summed E-state index contributed by atoms with van der Waals surface area (Å²) in [5.74, 6) is 1.75. The van der Waals surface area contributed by atoms with Crippen molar-refractivity contribution in [2.45, 2.75) is 45.8 Å². The number of nitrogens with one attached hydrogen (secondary N) is 1. The first-order chi connectivity index (χ1) is 9.60. The number of amides is 1. The molecule has 1 aromatic carbocycles. The van der Waals surface area contributed by atoms with E-state index in [-0.39, 0.29) is 18.1 Å². The van der Waals surface area contributed by atoms with Gasteiger partial charge in [-0.2, -0.15) is 0 Å². The topological polar surface area (TPSA) is 32.3 Å². The minimum Gasteiger partial charge on any atom is -0.321 e. The normalized spacial score (nSPS) is 32.8. The zero-order chi connectivity index (χ0) is 14.3. The Morgan fingerprint density at radius 3 is 2.75 bits per heavy atom. The first-order valence-corrected chi connectivity index (χ1v) is 7.73. The molecule has 108 valence electrons. The molecule has 1 aromatic rings. The van der Waals surface area contributed by atoms with Gasteiger partial charge in [0.2, 0.25) is 5.91 Å². The molecular formula is C17H24N2O. The molecule has 0 aromatic heterocycles. The van der Waals surface area contributed by atoms with Crippen molar-refractivity contribution >= 4 is 5.91 Å². The maximum absolute atomic E-state index is 12.5. The predicted octanol–water partition coefficient (Wildman–Crippen LogP) is 2.86. The Labute approximate surface area is 121 Å². The fourth-order valence-corrected chi connectivity index (χ4v) is 3.19. The van der Waals surface area contributed by atoms with Crippen LogP contribution in [0.1, 0.15) is 44.0 Å². The van der Waals surface area contributed by atoms with Gasteiger partial charge >= 0.3 is 0 Å². The fraction of sp³-hybridized carbons (Fsp3) is 0.588. The van der Waals surface area contributed by atoms with Crippen LogP contribution in [0.15, 0.2) is 24.3 Å². The highest BCUT2D eigenvalue weighted by molar-refractivity contribution is 5.84. The molecule has 0 radical (unpaired) electrons. The van der Waals surface area contributed by atoms with E-state index in [1.165, 1.54) is 17.5 Å². The molecule has 3 nitrogen and oxygen atoms in total. The number of aryl methyl sites for hydroxylation is 1. The molecule has 2 aliphatic rings. The minimum atomic E-state index is -0.0189. The largest absolute Gasteiger partial charge is 0.321 e. The molecule has 1 saturated carbocycles. The van der Waals surface area contributed by atoms with Crippen molar-refractivity contribution in [2.75, 3.05) is 6.54 Å². The number of carbonyl (C=O) groups excluding carboxylic acids is 1. The van der Waals surface area contributed by atoms with Crippen LogP contribution in [-0.4, -0.2) is 23.4 Å². The maximum atomic E-state index is 12.5. The predicted molar refractivity (Wildman–Crippen MR) is 80.1 cm³/mol. The number of nitrogens with zero attached hydrogens (tertiary/aromatic N) is 1. The smallest absolute Gasteiger partial charge is 0.241 e. The summed E-state index contributed by atoms with van der Waals surface area (Å²) < 4.78 is 0. The van der Waals surface area contributed by atoms with Crippen molar-refractivity contribution in [1.29, 1.82) is 0 Å². The second-order valence-electron chi connectivity index (χ2n) is 6.41. The Balaban J connectivity index is 1.84. The van der Waals surface area contributed by atoms with Crippen molar-refractivity contribution in [1.82, 2.24) is 10.2 Å². The summed E-state index contributed by atoms with van der Waals surface area (Å²) in [5, 5.41) is 3.51. The average Bonchev–Trinajstić information content (AvgIpc) is 3.03. The highest BCUT2D eigenvalue weighted by Gasteiger charge is 2.43. The molecular weight excluding hydrogens is 248 g/mol. The SMILES string of the molecule is CCC1NC(c2cccc(C)c2)N(CC2CC2C)C1=O. The van der Waals surface area contributed by atoms with E-state index in [1.807, 2.05) is 0 Å². The lowest BCUT2D eigenvalue weighted by Crippen LogP contribution is -2.33. The Kier molecular flexibility index (Phi) is 3.55. The first kappa shape index (κ1) is 13.6. The number of carbonyl (C=O) groups is 1. The van der Waals surface area contributed by atoms with Gasteiger partial charge in [0.05, 0.1) is 6.04 Å². The second kappa shape index (κ2) is 5.21. The number of benzene rings is 1. The van der Waals surface area contributed by atoms with Crippen LogP contribution in [0.3, 0.4) is 0 Å². The molecule has 1 heterocycles. The molecule has 4 atom stereocenters. The van der Waals surface area contributed by atoms with E-state index in [0.29, 0.717) is 5.92 Å². The monoisotopic (exact) mass is 272 g/mol. The second-order valence-corrected chi connectivity index (χ2v) is 6.41. The lowest BCUT2D eigenvalue weighted by atomic mass is 10.1. The van der Waals surface area contributed by atoms with Gasteiger partial charge in [-0.05, 0) is 37.2 Å². The van der Waals surface area contributed by atoms with Gasteiger partial charge < -0.3 is 4.90 Å². The molecule has 2 fully saturated rings. The van der Waals surface area contributed by atoms with Gasteiger partial charge in [0.15, 0.2) is 0 Å². The third-order valence-electron chi connectivity index (χ3n) is 4.73. The third kappa shape index (κ3) is 2.47. The summed E-state index contributed by atoms with van der Waals surface area (Å²) in [6.45, 7) is 7.36. The van der Waals surface area contributed by atoms with Crippen LogP contribution in [-0.2, 0) is 4.79 Å². The van der Waals surface area contributed by atoms with E-state index < -0.39 is 0 Å². The summed E-state index contributed by atoms with van der Waals surface area (Å²) in [4.78, 5) is 14.6. The van der Waals surface area contributed by atoms with Gasteiger partial charge in [-0.1, -0.05) is 43.7 Å². The van der Waals surface area contributed by atoms with Crippen LogP contribution < -0.4 is 5.32 Å². The average molecular weight is 272 g/mol. The molecule has 4 unspecified atom stereocenters. The van der Waals surface area contributed by atoms with Crippen molar-refractivity contribution in [3.8, 4) is 0 Å². The summed E-state index contributed by atoms with van der Waals surface area (Å²) in [7, 11) is 0. The van der Waals surface area contributed by atoms with Gasteiger partial charge in [-0.3, -0.25) is 10.1 Å². The Morgan fingerprint density at radius 2 is 2.15 bits per heavy atom. The van der Waals surface area contributed by atoms with Crippen molar-refractivity contribution in [2.24, 2.45) is 11.8 Å². The molecule has 3 heteroatoms. The number of hydrogen-bond donors (Lipinski definition) is 1. The molecule has 1 aliphatic heterocycles. The highest BCUT2D eigenvalue weighted by atomic mass is 16.2. The molecule has 1 saturated heterocycles. The lowest BCUT2D eigenvalue weighted by molar-refractivity contribution is -0.130. The highest BCUT2D eigenvalue weighted by Crippen LogP contribution is 2.40. The molecule has 1 amide bonds. The zero-order valence-electron chi connectivity index (χ0n) is 12.6. The third-order valence-corrected chi connectivity index (χ3v) is 4.73. The van der Waals surface area contributed by atoms with Crippen LogP contribution in [0.5, 0.6) is 0 Å². The Bertz CT molecular complexity index is 513. The van der Waals surface area contributed by atoms with Crippen LogP contribution in [0.2, 0.25) is 0 Å². The first-order valence-electron chi connectivity index (χ1n) is 7.73. The van der Waals surface area contributed by atoms with Gasteiger partial charge in [0.25, 0.3) is 0 Å². The standard InChI is InChI=1S/C17H24N2O/c1-4-15-17(20)19(10-14-9-12(14)3)16(18-15)13-7-5-6-11(2)8-13/h5-8,12,14-16,18H,4,9-10H2,1-3H3. The molecule has 0 bridgehead atoms. The quantitative estimate of drug-likeness (QED) is 0.914. The van der Waals surface area contributed by atoms with Crippen LogP contribution in [0, 0.1) is 18.8 Å². The van der Waals surface area contributed by atoms with Gasteiger partial charge in [-0.25, -0.2) is 0 Å². The van der Waals surface area contributed by atoms with Crippen LogP contribution in [0.4, 0.5) is 0 Å². The van der Waals surface area contributed by atoms with E-state index in [1.54, 1.807) is 0 Å². The van der Waals surface area contributed by atoms with Crippen molar-refractivity contribution < 1.29 is 4.79 Å². The van der Waals surface area contributed by atoms with E-state index in [2.05, 4.69) is 55.3 Å². The minimum absolute atomic E-state index is 0.0189. The fourth-order valence-electron chi connectivity index (χ4n) is 3.19. The molecule has 3 rings (SSSR count). The lowest BCUT2D eigenvalue weighted by Gasteiger charge is -2.25. The van der Waals surface area contributed by atoms with Crippen molar-refractivity contribution in [3.63, 3.8) is 0 Å². The van der Waals surface area contributed by atoms with Crippen LogP contribution in [0.25, 0.3) is 0 Å². The number of hydrogen-bond acceptors (Lipinski definition) is 2. The van der Waals surface area contributed by atoms with E-state index in [9.17, 15) is 4.79 Å². The van der Waals surface area contributed by atoms with Crippen molar-refractivity contribution in [3.05, 3.63) is 35.4 Å². The maximum Gasteiger partial charge on any atom is 0.241 e. The molecule has 0 spiro atoms. The number of rotatable bonds is 4. The molecule has 1 N–H and O–H groups in total. The van der Waals surface area contributed by atoms with E-state index in [4.69, 9.17) is 0 Å². The molecule has 1 aliphatic carbocycles. The summed E-state index contributed by atoms with van der Waals surface area (Å²) in [6, 6.07) is 8.47. The van der Waals surface area contributed by atoms with E-state index >= 15 is 0 Å². The van der Waals surface area contributed by atoms with Gasteiger partial charge in [0, 0.05) is 6.54 Å².